The van der Waals surface area contributed by atoms with Crippen molar-refractivity contribution in [2.75, 3.05) is 6.26 Å². The second kappa shape index (κ2) is 7.09. The molecule has 122 valence electrons. The van der Waals surface area contributed by atoms with Gasteiger partial charge in [0.1, 0.15) is 5.03 Å². The number of hydrogen-bond donors (Lipinski definition) is 2. The summed E-state index contributed by atoms with van der Waals surface area (Å²) >= 11 is 1.39. The Hall–Kier alpha value is -2.94. The Bertz CT molecular complexity index is 921. The molecule has 3 heterocycles. The predicted octanol–water partition coefficient (Wildman–Crippen LogP) is 1.47. The van der Waals surface area contributed by atoms with Crippen LogP contribution in [-0.2, 0) is 6.54 Å². The summed E-state index contributed by atoms with van der Waals surface area (Å²) in [5, 5.41) is 7.16. The Morgan fingerprint density at radius 2 is 2.29 bits per heavy atom. The van der Waals surface area contributed by atoms with Crippen LogP contribution in [0.25, 0.3) is 11.4 Å². The molecule has 3 aromatic rings. The molecule has 0 saturated heterocycles. The molecule has 0 aliphatic carbocycles. The van der Waals surface area contributed by atoms with Crippen LogP contribution in [0.3, 0.4) is 0 Å². The summed E-state index contributed by atoms with van der Waals surface area (Å²) < 4.78 is 5.09. The number of nitrogens with one attached hydrogen (secondary N) is 2. The molecule has 2 N–H and O–H groups in total. The van der Waals surface area contributed by atoms with Gasteiger partial charge in [-0.1, -0.05) is 5.16 Å². The molecule has 0 fully saturated rings. The Morgan fingerprint density at radius 1 is 1.42 bits per heavy atom. The second-order valence-corrected chi connectivity index (χ2v) is 5.49. The molecule has 0 bridgehead atoms. The lowest BCUT2D eigenvalue weighted by Gasteiger charge is -2.05. The van der Waals surface area contributed by atoms with Crippen molar-refractivity contribution in [2.24, 2.45) is 0 Å². The number of pyridine rings is 2. The molecule has 0 atom stereocenters. The van der Waals surface area contributed by atoms with Gasteiger partial charge in [0.15, 0.2) is 0 Å². The van der Waals surface area contributed by atoms with Gasteiger partial charge in [-0.25, -0.2) is 4.98 Å². The van der Waals surface area contributed by atoms with E-state index in [1.807, 2.05) is 6.26 Å². The van der Waals surface area contributed by atoms with Gasteiger partial charge < -0.3 is 14.8 Å². The number of aromatic amines is 1. The molecule has 24 heavy (non-hydrogen) atoms. The van der Waals surface area contributed by atoms with Crippen LogP contribution in [-0.4, -0.2) is 32.3 Å². The van der Waals surface area contributed by atoms with Gasteiger partial charge in [-0.3, -0.25) is 9.59 Å². The highest BCUT2D eigenvalue weighted by molar-refractivity contribution is 7.98. The van der Waals surface area contributed by atoms with E-state index in [9.17, 15) is 9.59 Å². The van der Waals surface area contributed by atoms with Gasteiger partial charge in [0.05, 0.1) is 12.1 Å². The van der Waals surface area contributed by atoms with Gasteiger partial charge in [-0.2, -0.15) is 4.98 Å². The lowest BCUT2D eigenvalue weighted by molar-refractivity contribution is 0.0942. The van der Waals surface area contributed by atoms with E-state index in [1.54, 1.807) is 24.4 Å². The van der Waals surface area contributed by atoms with Crippen molar-refractivity contribution in [1.29, 1.82) is 0 Å². The zero-order chi connectivity index (χ0) is 16.9. The number of thioether (sulfide) groups is 1. The predicted molar refractivity (Wildman–Crippen MR) is 87.5 cm³/mol. The minimum absolute atomic E-state index is 0.0811. The molecular weight excluding hydrogens is 330 g/mol. The van der Waals surface area contributed by atoms with Crippen molar-refractivity contribution >= 4 is 17.7 Å². The van der Waals surface area contributed by atoms with Gasteiger partial charge in [0.2, 0.25) is 17.3 Å². The normalized spacial score (nSPS) is 10.5. The molecule has 0 aromatic carbocycles. The van der Waals surface area contributed by atoms with Crippen LogP contribution in [0.15, 0.2) is 51.0 Å². The van der Waals surface area contributed by atoms with Gasteiger partial charge >= 0.3 is 0 Å². The average Bonchev–Trinajstić information content (AvgIpc) is 3.08. The molecule has 3 aromatic heterocycles. The molecule has 0 saturated carbocycles. The van der Waals surface area contributed by atoms with Crippen LogP contribution in [0.5, 0.6) is 0 Å². The third kappa shape index (κ3) is 3.51. The van der Waals surface area contributed by atoms with Gasteiger partial charge in [-0.15, -0.1) is 11.8 Å². The molecule has 9 heteroatoms. The van der Waals surface area contributed by atoms with Gasteiger partial charge in [-0.05, 0) is 24.5 Å². The molecule has 3 rings (SSSR count). The topological polar surface area (TPSA) is 114 Å². The van der Waals surface area contributed by atoms with E-state index in [-0.39, 0.29) is 29.7 Å². The number of aromatic nitrogens is 4. The zero-order valence-electron chi connectivity index (χ0n) is 12.6. The van der Waals surface area contributed by atoms with Crippen LogP contribution in [0, 0.1) is 0 Å². The molecule has 0 spiro atoms. The van der Waals surface area contributed by atoms with E-state index in [2.05, 4.69) is 25.4 Å². The third-order valence-electron chi connectivity index (χ3n) is 3.11. The van der Waals surface area contributed by atoms with Crippen LogP contribution in [0.1, 0.15) is 16.2 Å². The minimum atomic E-state index is -0.275. The maximum absolute atomic E-state index is 12.2. The largest absolute Gasteiger partial charge is 0.343 e. The van der Waals surface area contributed by atoms with E-state index in [4.69, 9.17) is 4.52 Å². The molecule has 8 nitrogen and oxygen atoms in total. The second-order valence-electron chi connectivity index (χ2n) is 4.70. The SMILES string of the molecule is CSc1ncccc1C(=O)NCc1nc(-c2cc[nH]c(=O)c2)no1. The fourth-order valence-corrected chi connectivity index (χ4v) is 2.55. The fraction of sp³-hybridized carbons (Fsp3) is 0.133. The fourth-order valence-electron chi connectivity index (χ4n) is 2.01. The molecule has 0 aliphatic heterocycles. The number of carbonyl (C=O) groups excluding carboxylic acids is 1. The highest BCUT2D eigenvalue weighted by Gasteiger charge is 2.14. The number of carbonyl (C=O) groups is 1. The average molecular weight is 343 g/mol. The Kier molecular flexibility index (Phi) is 4.71. The molecule has 1 amide bonds. The van der Waals surface area contributed by atoms with E-state index in [1.165, 1.54) is 24.0 Å². The van der Waals surface area contributed by atoms with E-state index in [0.29, 0.717) is 16.2 Å². The van der Waals surface area contributed by atoms with Crippen molar-refractivity contribution in [3.8, 4) is 11.4 Å². The summed E-state index contributed by atoms with van der Waals surface area (Å²) in [5.41, 5.74) is 0.768. The van der Waals surface area contributed by atoms with E-state index >= 15 is 0 Å². The maximum atomic E-state index is 12.2. The van der Waals surface area contributed by atoms with Crippen molar-refractivity contribution in [2.45, 2.75) is 11.6 Å². The summed E-state index contributed by atoms with van der Waals surface area (Å²) in [5.74, 6) is 0.258. The quantitative estimate of drug-likeness (QED) is 0.674. The molecular formula is C15H13N5O3S. The van der Waals surface area contributed by atoms with Crippen LogP contribution in [0.4, 0.5) is 0 Å². The number of rotatable bonds is 5. The van der Waals surface area contributed by atoms with Gasteiger partial charge in [0.25, 0.3) is 5.91 Å². The monoisotopic (exact) mass is 343 g/mol. The van der Waals surface area contributed by atoms with Crippen molar-refractivity contribution < 1.29 is 9.32 Å². The number of H-pyrrole nitrogens is 1. The summed E-state index contributed by atoms with van der Waals surface area (Å²) in [4.78, 5) is 34.3. The lowest BCUT2D eigenvalue weighted by Crippen LogP contribution is -2.23. The van der Waals surface area contributed by atoms with Crippen LogP contribution in [0.2, 0.25) is 0 Å². The Labute approximate surface area is 140 Å². The van der Waals surface area contributed by atoms with Gasteiger partial charge in [0, 0.05) is 24.0 Å². The molecule has 0 radical (unpaired) electrons. The first-order valence-corrected chi connectivity index (χ1v) is 8.19. The van der Waals surface area contributed by atoms with Crippen LogP contribution >= 0.6 is 11.8 Å². The van der Waals surface area contributed by atoms with Crippen molar-refractivity contribution in [3.05, 3.63) is 58.5 Å². The Balaban J connectivity index is 1.69. The first-order chi connectivity index (χ1) is 11.7. The molecule has 0 aliphatic rings. The Morgan fingerprint density at radius 3 is 3.08 bits per heavy atom. The van der Waals surface area contributed by atoms with E-state index < -0.39 is 0 Å². The lowest BCUT2D eigenvalue weighted by atomic mass is 10.2. The summed E-state index contributed by atoms with van der Waals surface area (Å²) in [6, 6.07) is 6.43. The maximum Gasteiger partial charge on any atom is 0.254 e. The van der Waals surface area contributed by atoms with E-state index in [0.717, 1.165) is 0 Å². The first-order valence-electron chi connectivity index (χ1n) is 6.96. The van der Waals surface area contributed by atoms with Crippen molar-refractivity contribution in [3.63, 3.8) is 0 Å². The number of nitrogens with zero attached hydrogens (tertiary/aromatic N) is 3. The van der Waals surface area contributed by atoms with Crippen LogP contribution < -0.4 is 10.9 Å². The first kappa shape index (κ1) is 15.9. The highest BCUT2D eigenvalue weighted by Crippen LogP contribution is 2.17. The van der Waals surface area contributed by atoms with Crippen molar-refractivity contribution in [1.82, 2.24) is 25.4 Å². The summed E-state index contributed by atoms with van der Waals surface area (Å²) in [6.45, 7) is 0.0811. The third-order valence-corrected chi connectivity index (χ3v) is 3.82. The smallest absolute Gasteiger partial charge is 0.254 e. The summed E-state index contributed by atoms with van der Waals surface area (Å²) in [7, 11) is 0. The molecule has 0 unspecified atom stereocenters. The summed E-state index contributed by atoms with van der Waals surface area (Å²) in [6.07, 6.45) is 4.99. The standard InChI is InChI=1S/C15H13N5O3S/c1-24-15-10(3-2-5-17-15)14(22)18-8-12-19-13(20-23-12)9-4-6-16-11(21)7-9/h2-7H,8H2,1H3,(H,16,21)(H,18,22). The minimum Gasteiger partial charge on any atom is -0.343 e. The zero-order valence-corrected chi connectivity index (χ0v) is 13.5. The highest BCUT2D eigenvalue weighted by atomic mass is 32.2. The number of hydrogen-bond acceptors (Lipinski definition) is 7. The number of amides is 1.